The van der Waals surface area contributed by atoms with Crippen LogP contribution in [0.5, 0.6) is 0 Å². The maximum atomic E-state index is 12.1. The average molecular weight is 331 g/mol. The Balaban J connectivity index is 2.15. The Morgan fingerprint density at radius 3 is 2.24 bits per heavy atom. The number of hydrogen-bond donors (Lipinski definition) is 1. The summed E-state index contributed by atoms with van der Waals surface area (Å²) in [5.74, 6) is -0.418. The predicted octanol–water partition coefficient (Wildman–Crippen LogP) is 0.397. The topological polar surface area (TPSA) is 97.4 Å². The molecule has 1 aliphatic heterocycles. The fourth-order valence-electron chi connectivity index (χ4n) is 2.31. The number of nitrogens with one attached hydrogen (secondary N) is 1. The lowest BCUT2D eigenvalue weighted by molar-refractivity contribution is 0.0915. The normalized spacial score (nSPS) is 24.7. The highest BCUT2D eigenvalue weighted by atomic mass is 32.2. The van der Waals surface area contributed by atoms with E-state index in [9.17, 15) is 21.6 Å². The van der Waals surface area contributed by atoms with E-state index in [4.69, 9.17) is 0 Å². The van der Waals surface area contributed by atoms with Gasteiger partial charge in [0.1, 0.15) is 0 Å². The van der Waals surface area contributed by atoms with Gasteiger partial charge in [0.15, 0.2) is 19.7 Å². The van der Waals surface area contributed by atoms with E-state index in [-0.39, 0.29) is 16.4 Å². The minimum atomic E-state index is -3.31. The number of carbonyl (C=O) groups excluding carboxylic acids is 1. The molecule has 116 valence electrons. The lowest BCUT2D eigenvalue weighted by atomic mass is 10.0. The first-order chi connectivity index (χ1) is 9.51. The van der Waals surface area contributed by atoms with Crippen LogP contribution in [-0.4, -0.2) is 46.0 Å². The predicted molar refractivity (Wildman–Crippen MR) is 78.7 cm³/mol. The van der Waals surface area contributed by atoms with Crippen molar-refractivity contribution in [2.75, 3.05) is 17.8 Å². The Morgan fingerprint density at radius 2 is 1.81 bits per heavy atom. The molecule has 0 radical (unpaired) electrons. The zero-order valence-corrected chi connectivity index (χ0v) is 13.4. The summed E-state index contributed by atoms with van der Waals surface area (Å²) in [7, 11) is -6.41. The standard InChI is InChI=1S/C13H17NO5S2/c1-13(7-8-21(18,19)9-13)14-12(15)10-3-5-11(6-4-10)20(2,16)17/h3-6H,7-9H2,1-2H3,(H,14,15). The van der Waals surface area contributed by atoms with Crippen LogP contribution in [0, 0.1) is 0 Å². The highest BCUT2D eigenvalue weighted by Gasteiger charge is 2.39. The van der Waals surface area contributed by atoms with Gasteiger partial charge < -0.3 is 5.32 Å². The van der Waals surface area contributed by atoms with E-state index in [2.05, 4.69) is 5.32 Å². The first-order valence-corrected chi connectivity index (χ1v) is 10.1. The number of carbonyl (C=O) groups is 1. The molecule has 1 aromatic carbocycles. The maximum absolute atomic E-state index is 12.1. The fourth-order valence-corrected chi connectivity index (χ4v) is 5.03. The zero-order valence-electron chi connectivity index (χ0n) is 11.8. The fraction of sp³-hybridized carbons (Fsp3) is 0.462. The Bertz CT molecular complexity index is 765. The number of amides is 1. The SMILES string of the molecule is CC1(NC(=O)c2ccc(S(C)(=O)=O)cc2)CCS(=O)(=O)C1. The van der Waals surface area contributed by atoms with E-state index in [1.807, 2.05) is 0 Å². The van der Waals surface area contributed by atoms with Crippen LogP contribution >= 0.6 is 0 Å². The van der Waals surface area contributed by atoms with Crippen molar-refractivity contribution in [3.8, 4) is 0 Å². The van der Waals surface area contributed by atoms with Crippen molar-refractivity contribution < 1.29 is 21.6 Å². The van der Waals surface area contributed by atoms with Crippen molar-refractivity contribution >= 4 is 25.6 Å². The van der Waals surface area contributed by atoms with Crippen molar-refractivity contribution in [1.29, 1.82) is 0 Å². The Morgan fingerprint density at radius 1 is 1.24 bits per heavy atom. The molecular formula is C13H17NO5S2. The van der Waals surface area contributed by atoms with E-state index in [1.54, 1.807) is 6.92 Å². The number of sulfone groups is 2. The first kappa shape index (κ1) is 16.0. The number of rotatable bonds is 3. The van der Waals surface area contributed by atoms with Gasteiger partial charge >= 0.3 is 0 Å². The molecule has 21 heavy (non-hydrogen) atoms. The van der Waals surface area contributed by atoms with Crippen LogP contribution in [0.15, 0.2) is 29.2 Å². The molecule has 2 rings (SSSR count). The molecule has 1 aliphatic rings. The smallest absolute Gasteiger partial charge is 0.251 e. The van der Waals surface area contributed by atoms with Gasteiger partial charge in [-0.15, -0.1) is 0 Å². The average Bonchev–Trinajstić information content (AvgIpc) is 2.62. The third kappa shape index (κ3) is 3.82. The van der Waals surface area contributed by atoms with Gasteiger partial charge in [0.25, 0.3) is 5.91 Å². The van der Waals surface area contributed by atoms with Gasteiger partial charge in [-0.2, -0.15) is 0 Å². The van der Waals surface area contributed by atoms with Crippen molar-refractivity contribution in [2.24, 2.45) is 0 Å². The summed E-state index contributed by atoms with van der Waals surface area (Å²) in [6, 6.07) is 5.55. The van der Waals surface area contributed by atoms with Crippen molar-refractivity contribution in [3.05, 3.63) is 29.8 Å². The summed E-state index contributed by atoms with van der Waals surface area (Å²) < 4.78 is 45.7. The van der Waals surface area contributed by atoms with Gasteiger partial charge in [-0.1, -0.05) is 0 Å². The summed E-state index contributed by atoms with van der Waals surface area (Å²) in [6.07, 6.45) is 1.47. The number of hydrogen-bond acceptors (Lipinski definition) is 5. The van der Waals surface area contributed by atoms with E-state index in [0.29, 0.717) is 12.0 Å². The van der Waals surface area contributed by atoms with Crippen molar-refractivity contribution in [1.82, 2.24) is 5.32 Å². The third-order valence-corrected chi connectivity index (χ3v) is 6.49. The van der Waals surface area contributed by atoms with E-state index in [1.165, 1.54) is 24.3 Å². The molecule has 6 nitrogen and oxygen atoms in total. The molecule has 1 aromatic rings. The second-order valence-electron chi connectivity index (χ2n) is 5.65. The van der Waals surface area contributed by atoms with E-state index >= 15 is 0 Å². The minimum absolute atomic E-state index is 0.0663. The van der Waals surface area contributed by atoms with E-state index in [0.717, 1.165) is 6.26 Å². The molecule has 8 heteroatoms. The summed E-state index contributed by atoms with van der Waals surface area (Å²) in [5.41, 5.74) is -0.473. The summed E-state index contributed by atoms with van der Waals surface area (Å²) in [5, 5.41) is 2.72. The van der Waals surface area contributed by atoms with Crippen LogP contribution in [0.3, 0.4) is 0 Å². The summed E-state index contributed by atoms with van der Waals surface area (Å²) in [4.78, 5) is 12.3. The second kappa shape index (κ2) is 5.10. The molecule has 1 amide bonds. The van der Waals surface area contributed by atoms with Crippen LogP contribution in [0.1, 0.15) is 23.7 Å². The Hall–Kier alpha value is -1.41. The molecule has 1 fully saturated rings. The molecular weight excluding hydrogens is 314 g/mol. The van der Waals surface area contributed by atoms with E-state index < -0.39 is 31.1 Å². The van der Waals surface area contributed by atoms with Gasteiger partial charge in [0.2, 0.25) is 0 Å². The molecule has 0 aliphatic carbocycles. The Labute approximate surface area is 124 Å². The zero-order chi connectivity index (χ0) is 15.9. The van der Waals surface area contributed by atoms with Gasteiger partial charge in [0.05, 0.1) is 21.9 Å². The summed E-state index contributed by atoms with van der Waals surface area (Å²) >= 11 is 0. The van der Waals surface area contributed by atoms with Crippen LogP contribution in [-0.2, 0) is 19.7 Å². The molecule has 0 aromatic heterocycles. The van der Waals surface area contributed by atoms with Crippen molar-refractivity contribution in [3.63, 3.8) is 0 Å². The molecule has 1 N–H and O–H groups in total. The van der Waals surface area contributed by atoms with Gasteiger partial charge in [-0.05, 0) is 37.6 Å². The lowest BCUT2D eigenvalue weighted by Gasteiger charge is -2.23. The molecule has 0 saturated carbocycles. The first-order valence-electron chi connectivity index (χ1n) is 6.34. The summed E-state index contributed by atoms with van der Waals surface area (Å²) in [6.45, 7) is 1.69. The van der Waals surface area contributed by atoms with Crippen LogP contribution in [0.2, 0.25) is 0 Å². The molecule has 0 bridgehead atoms. The highest BCUT2D eigenvalue weighted by Crippen LogP contribution is 2.23. The monoisotopic (exact) mass is 331 g/mol. The number of benzene rings is 1. The third-order valence-electron chi connectivity index (χ3n) is 3.46. The quantitative estimate of drug-likeness (QED) is 0.864. The maximum Gasteiger partial charge on any atom is 0.251 e. The highest BCUT2D eigenvalue weighted by molar-refractivity contribution is 7.91. The van der Waals surface area contributed by atoms with Gasteiger partial charge in [0, 0.05) is 11.8 Å². The van der Waals surface area contributed by atoms with Crippen LogP contribution in [0.25, 0.3) is 0 Å². The molecule has 1 saturated heterocycles. The second-order valence-corrected chi connectivity index (χ2v) is 9.85. The van der Waals surface area contributed by atoms with Crippen LogP contribution in [0.4, 0.5) is 0 Å². The molecule has 0 spiro atoms. The van der Waals surface area contributed by atoms with Crippen LogP contribution < -0.4 is 5.32 Å². The largest absolute Gasteiger partial charge is 0.346 e. The van der Waals surface area contributed by atoms with Crippen molar-refractivity contribution in [2.45, 2.75) is 23.8 Å². The molecule has 1 atom stereocenters. The van der Waals surface area contributed by atoms with Gasteiger partial charge in [-0.25, -0.2) is 16.8 Å². The molecule has 1 heterocycles. The minimum Gasteiger partial charge on any atom is -0.346 e. The van der Waals surface area contributed by atoms with Gasteiger partial charge in [-0.3, -0.25) is 4.79 Å². The lowest BCUT2D eigenvalue weighted by Crippen LogP contribution is -2.46. The Kier molecular flexibility index (Phi) is 3.88. The molecule has 1 unspecified atom stereocenters.